The number of rotatable bonds is 12. The number of likely N-dealkylation sites (tertiary alicyclic amines) is 1. The van der Waals surface area contributed by atoms with Crippen LogP contribution >= 0.6 is 0 Å². The molecule has 0 unspecified atom stereocenters. The summed E-state index contributed by atoms with van der Waals surface area (Å²) in [5, 5.41) is 10.0. The van der Waals surface area contributed by atoms with Crippen molar-refractivity contribution in [2.24, 2.45) is 16.5 Å². The SMILES string of the molecule is CCC[C@H](CC(=O)[C@@H]1C[C@]2(CC(c3ccc4c(c3)CCC(C)(C)O4)=NO2)CN1C(=O)[C@@H](NC(=O)O[C@H]1CCOC1)C(C)(C)C)C(=O)C(=O)NC1CC1. The first kappa shape index (κ1) is 37.7. The van der Waals surface area contributed by atoms with Crippen molar-refractivity contribution in [3.8, 4) is 5.75 Å². The fourth-order valence-corrected chi connectivity index (χ4v) is 7.62. The maximum atomic E-state index is 14.6. The van der Waals surface area contributed by atoms with Crippen molar-refractivity contribution in [2.75, 3.05) is 19.8 Å². The van der Waals surface area contributed by atoms with E-state index in [0.29, 0.717) is 38.0 Å². The third-order valence-electron chi connectivity index (χ3n) is 10.8. The molecule has 0 radical (unpaired) electrons. The second-order valence-corrected chi connectivity index (χ2v) is 17.0. The lowest BCUT2D eigenvalue weighted by molar-refractivity contribution is -0.144. The summed E-state index contributed by atoms with van der Waals surface area (Å²) in [6.45, 7) is 12.4. The summed E-state index contributed by atoms with van der Waals surface area (Å²) in [5.41, 5.74) is 0.676. The number of nitrogens with zero attached hydrogens (tertiary/aromatic N) is 2. The fraction of sp³-hybridized carbons (Fsp3) is 0.692. The number of ketones is 2. The Labute approximate surface area is 305 Å². The predicted molar refractivity (Wildman–Crippen MR) is 191 cm³/mol. The molecule has 1 aromatic carbocycles. The number of hydrogen-bond donors (Lipinski definition) is 2. The molecule has 284 valence electrons. The average molecular weight is 723 g/mol. The highest BCUT2D eigenvalue weighted by Crippen LogP contribution is 2.42. The van der Waals surface area contributed by atoms with E-state index in [4.69, 9.17) is 19.0 Å². The minimum Gasteiger partial charge on any atom is -0.488 e. The van der Waals surface area contributed by atoms with Gasteiger partial charge in [0.2, 0.25) is 11.7 Å². The molecule has 1 aliphatic carbocycles. The highest BCUT2D eigenvalue weighted by Gasteiger charge is 2.55. The van der Waals surface area contributed by atoms with Crippen LogP contribution in [-0.4, -0.2) is 95.3 Å². The number of fused-ring (bicyclic) bond motifs is 1. The highest BCUT2D eigenvalue weighted by atomic mass is 16.7. The molecule has 2 saturated heterocycles. The smallest absolute Gasteiger partial charge is 0.408 e. The predicted octanol–water partition coefficient (Wildman–Crippen LogP) is 4.41. The monoisotopic (exact) mass is 722 g/mol. The minimum absolute atomic E-state index is 0.00939. The number of Topliss-reactive ketones (excluding diaryl/α,β-unsaturated/α-hetero) is 2. The van der Waals surface area contributed by atoms with Crippen molar-refractivity contribution < 1.29 is 43.0 Å². The number of hydrogen-bond acceptors (Lipinski definition) is 10. The van der Waals surface area contributed by atoms with Crippen molar-refractivity contribution in [2.45, 2.75) is 141 Å². The molecule has 3 fully saturated rings. The van der Waals surface area contributed by atoms with E-state index in [1.165, 1.54) is 4.90 Å². The minimum atomic E-state index is -1.04. The van der Waals surface area contributed by atoms with Crippen LogP contribution in [0.4, 0.5) is 4.79 Å². The van der Waals surface area contributed by atoms with Gasteiger partial charge in [-0.2, -0.15) is 0 Å². The molecule has 1 spiro atoms. The van der Waals surface area contributed by atoms with Crippen molar-refractivity contribution in [1.82, 2.24) is 15.5 Å². The van der Waals surface area contributed by atoms with Crippen LogP contribution in [0.1, 0.15) is 110 Å². The number of carbonyl (C=O) groups is 5. The zero-order valence-electron chi connectivity index (χ0n) is 31.4. The van der Waals surface area contributed by atoms with Crippen molar-refractivity contribution in [1.29, 1.82) is 0 Å². The highest BCUT2D eigenvalue weighted by molar-refractivity contribution is 6.37. The first-order chi connectivity index (χ1) is 24.6. The number of carbonyl (C=O) groups excluding carboxylic acids is 5. The average Bonchev–Trinajstić information content (AvgIpc) is 3.42. The van der Waals surface area contributed by atoms with Gasteiger partial charge < -0.3 is 34.6 Å². The van der Waals surface area contributed by atoms with Crippen LogP contribution < -0.4 is 15.4 Å². The summed E-state index contributed by atoms with van der Waals surface area (Å²) in [5.74, 6) is -2.03. The van der Waals surface area contributed by atoms with Crippen molar-refractivity contribution in [3.05, 3.63) is 29.3 Å². The topological polar surface area (TPSA) is 162 Å². The molecular weight excluding hydrogens is 668 g/mol. The molecule has 5 aliphatic rings. The van der Waals surface area contributed by atoms with E-state index in [1.54, 1.807) is 0 Å². The molecule has 1 saturated carbocycles. The van der Waals surface area contributed by atoms with Gasteiger partial charge in [0.15, 0.2) is 11.4 Å². The van der Waals surface area contributed by atoms with E-state index in [2.05, 4.69) is 35.7 Å². The van der Waals surface area contributed by atoms with Crippen molar-refractivity contribution >= 4 is 35.2 Å². The normalized spacial score (nSPS) is 26.0. The second kappa shape index (κ2) is 14.8. The third kappa shape index (κ3) is 8.61. The molecule has 6 rings (SSSR count). The van der Waals surface area contributed by atoms with Crippen LogP contribution in [0.2, 0.25) is 0 Å². The summed E-state index contributed by atoms with van der Waals surface area (Å²) < 4.78 is 17.1. The van der Waals surface area contributed by atoms with Gasteiger partial charge in [0, 0.05) is 37.6 Å². The van der Waals surface area contributed by atoms with E-state index in [1.807, 2.05) is 39.8 Å². The lowest BCUT2D eigenvalue weighted by Gasteiger charge is -2.35. The van der Waals surface area contributed by atoms with Gasteiger partial charge in [0.1, 0.15) is 23.5 Å². The third-order valence-corrected chi connectivity index (χ3v) is 10.8. The van der Waals surface area contributed by atoms with E-state index < -0.39 is 58.8 Å². The summed E-state index contributed by atoms with van der Waals surface area (Å²) in [6.07, 6.45) is 4.11. The maximum absolute atomic E-state index is 14.6. The van der Waals surface area contributed by atoms with E-state index in [0.717, 1.165) is 42.6 Å². The fourth-order valence-electron chi connectivity index (χ4n) is 7.62. The van der Waals surface area contributed by atoms with Gasteiger partial charge in [-0.3, -0.25) is 19.2 Å². The molecule has 52 heavy (non-hydrogen) atoms. The number of benzene rings is 1. The van der Waals surface area contributed by atoms with Crippen LogP contribution in [0, 0.1) is 11.3 Å². The number of amides is 3. The van der Waals surface area contributed by atoms with Gasteiger partial charge in [-0.1, -0.05) is 39.3 Å². The maximum Gasteiger partial charge on any atom is 0.408 e. The second-order valence-electron chi connectivity index (χ2n) is 17.0. The zero-order chi connectivity index (χ0) is 37.4. The number of ether oxygens (including phenoxy) is 3. The molecule has 0 aromatic heterocycles. The lowest BCUT2D eigenvalue weighted by Crippen LogP contribution is -2.57. The molecule has 0 bridgehead atoms. The Hall–Kier alpha value is -4.00. The van der Waals surface area contributed by atoms with Crippen LogP contribution in [-0.2, 0) is 39.9 Å². The number of nitrogens with one attached hydrogen (secondary N) is 2. The van der Waals surface area contributed by atoms with Crippen molar-refractivity contribution in [3.63, 3.8) is 0 Å². The first-order valence-electron chi connectivity index (χ1n) is 18.9. The molecule has 13 heteroatoms. The summed E-state index contributed by atoms with van der Waals surface area (Å²) in [7, 11) is 0. The zero-order valence-corrected chi connectivity index (χ0v) is 31.4. The summed E-state index contributed by atoms with van der Waals surface area (Å²) in [4.78, 5) is 75.7. The van der Waals surface area contributed by atoms with E-state index in [9.17, 15) is 24.0 Å². The Kier molecular flexibility index (Phi) is 10.7. The van der Waals surface area contributed by atoms with Gasteiger partial charge in [-0.15, -0.1) is 0 Å². The molecule has 1 aromatic rings. The number of aryl methyl sites for hydroxylation is 1. The Morgan fingerprint density at radius 3 is 2.56 bits per heavy atom. The largest absolute Gasteiger partial charge is 0.488 e. The number of alkyl carbamates (subject to hydrolysis) is 1. The molecule has 2 N–H and O–H groups in total. The van der Waals surface area contributed by atoms with Gasteiger partial charge >= 0.3 is 6.09 Å². The molecule has 3 amide bonds. The van der Waals surface area contributed by atoms with Gasteiger partial charge in [-0.25, -0.2) is 4.79 Å². The van der Waals surface area contributed by atoms with E-state index >= 15 is 0 Å². The summed E-state index contributed by atoms with van der Waals surface area (Å²) in [6, 6.07) is 3.98. The van der Waals surface area contributed by atoms with E-state index in [-0.39, 0.29) is 43.4 Å². The molecule has 13 nitrogen and oxygen atoms in total. The molecular formula is C39H54N4O9. The standard InChI is InChI=1S/C39H54N4O9/c1-7-8-25(32(45)34(46)40-26-10-11-26)18-30(44)29-20-39(19-28(42-52-39)23-9-12-31-24(17-23)13-15-38(5,6)51-31)22-43(29)35(47)33(37(2,3)4)41-36(48)50-27-14-16-49-21-27/h9,12,17,25-27,29,33H,7-8,10-11,13-16,18-22H2,1-6H3,(H,40,46)(H,41,48)/t25-,27+,29+,33-,39-/m1/s1. The quantitative estimate of drug-likeness (QED) is 0.298. The first-order valence-corrected chi connectivity index (χ1v) is 18.9. The Balaban J connectivity index is 1.24. The van der Waals surface area contributed by atoms with Crippen LogP contribution in [0.5, 0.6) is 5.75 Å². The van der Waals surface area contributed by atoms with Crippen LogP contribution in [0.3, 0.4) is 0 Å². The Morgan fingerprint density at radius 1 is 1.12 bits per heavy atom. The lowest BCUT2D eigenvalue weighted by atomic mass is 9.85. The number of oxime groups is 1. The van der Waals surface area contributed by atoms with Crippen LogP contribution in [0.15, 0.2) is 23.4 Å². The Morgan fingerprint density at radius 2 is 1.88 bits per heavy atom. The van der Waals surface area contributed by atoms with Gasteiger partial charge in [-0.05, 0) is 80.7 Å². The van der Waals surface area contributed by atoms with Crippen LogP contribution in [0.25, 0.3) is 0 Å². The summed E-state index contributed by atoms with van der Waals surface area (Å²) >= 11 is 0. The molecule has 4 heterocycles. The van der Waals surface area contributed by atoms with Gasteiger partial charge in [0.05, 0.1) is 31.5 Å². The molecule has 5 atom stereocenters. The molecule has 4 aliphatic heterocycles. The Bertz CT molecular complexity index is 1610. The van der Waals surface area contributed by atoms with Gasteiger partial charge in [0.25, 0.3) is 5.91 Å².